The fourth-order valence-electron chi connectivity index (χ4n) is 2.07. The highest BCUT2D eigenvalue weighted by Crippen LogP contribution is 2.27. The second-order valence-electron chi connectivity index (χ2n) is 6.06. The van der Waals surface area contributed by atoms with Crippen molar-refractivity contribution in [3.05, 3.63) is 66.8 Å². The molecule has 0 amide bonds. The molecule has 2 aromatic carbocycles. The molecule has 0 saturated carbocycles. The zero-order chi connectivity index (χ0) is 28.6. The van der Waals surface area contributed by atoms with Crippen molar-refractivity contribution in [2.24, 2.45) is 0 Å². The topological polar surface area (TPSA) is 186 Å². The lowest BCUT2D eigenvalue weighted by atomic mass is 9.93. The Labute approximate surface area is 204 Å². The van der Waals surface area contributed by atoms with E-state index in [1.54, 1.807) is 0 Å². The standard InChI is InChI=1S/C13H10.5C2H4O2.C2H4/c1-4-10-6-2-8-12-9-3-7-11(5-1)13(10)12;5*1-2(3)4;1-2/h1-8H,9H2;5*1H3,(H,3,4);1-2H2. The van der Waals surface area contributed by atoms with E-state index in [4.69, 9.17) is 49.5 Å². The molecule has 0 unspecified atom stereocenters. The van der Waals surface area contributed by atoms with E-state index in [0.717, 1.165) is 41.0 Å². The number of hydrogen-bond donors (Lipinski definition) is 5. The van der Waals surface area contributed by atoms with Gasteiger partial charge in [-0.3, -0.25) is 24.0 Å². The van der Waals surface area contributed by atoms with Crippen LogP contribution in [0.2, 0.25) is 0 Å². The van der Waals surface area contributed by atoms with E-state index in [0.29, 0.717) is 0 Å². The predicted octanol–water partition coefficient (Wildman–Crippen LogP) is 4.67. The summed E-state index contributed by atoms with van der Waals surface area (Å²) in [5.74, 6) is -4.17. The second kappa shape index (κ2) is 24.2. The predicted molar refractivity (Wildman–Crippen MR) is 134 cm³/mol. The van der Waals surface area contributed by atoms with E-state index in [9.17, 15) is 0 Å². The number of allylic oxidation sites excluding steroid dienone is 1. The second-order valence-corrected chi connectivity index (χ2v) is 6.06. The molecule has 1 aliphatic rings. The molecule has 194 valence electrons. The van der Waals surface area contributed by atoms with Crippen LogP contribution in [0, 0.1) is 0 Å². The first-order chi connectivity index (χ1) is 16.1. The van der Waals surface area contributed by atoms with Crippen LogP contribution in [0.1, 0.15) is 45.7 Å². The largest absolute Gasteiger partial charge is 0.481 e. The Bertz CT molecular complexity index is 867. The maximum Gasteiger partial charge on any atom is 0.300 e. The average molecular weight is 495 g/mol. The fraction of sp³-hybridized carbons (Fsp3) is 0.240. The molecule has 0 bridgehead atoms. The summed E-state index contributed by atoms with van der Waals surface area (Å²) in [7, 11) is 0. The SMILES string of the molecule is C1=Cc2cccc3cccc(c23)C1.C=C.CC(=O)O.CC(=O)O.CC(=O)O.CC(=O)O.CC(=O)O. The first-order valence-electron chi connectivity index (χ1n) is 9.76. The summed E-state index contributed by atoms with van der Waals surface area (Å²) in [5, 5.41) is 39.9. The van der Waals surface area contributed by atoms with Crippen LogP contribution in [0.5, 0.6) is 0 Å². The van der Waals surface area contributed by atoms with Crippen molar-refractivity contribution in [1.29, 1.82) is 0 Å². The first-order valence-corrected chi connectivity index (χ1v) is 9.76. The van der Waals surface area contributed by atoms with Crippen molar-refractivity contribution in [3.8, 4) is 0 Å². The molecule has 0 aliphatic heterocycles. The lowest BCUT2D eigenvalue weighted by Gasteiger charge is -2.11. The normalized spacial score (nSPS) is 8.71. The maximum atomic E-state index is 9.00. The van der Waals surface area contributed by atoms with Gasteiger partial charge in [-0.15, -0.1) is 13.2 Å². The van der Waals surface area contributed by atoms with Crippen molar-refractivity contribution in [1.82, 2.24) is 0 Å². The molecular weight excluding hydrogens is 460 g/mol. The van der Waals surface area contributed by atoms with E-state index in [2.05, 4.69) is 61.7 Å². The van der Waals surface area contributed by atoms with E-state index >= 15 is 0 Å². The minimum Gasteiger partial charge on any atom is -0.481 e. The van der Waals surface area contributed by atoms with E-state index in [1.807, 2.05) is 0 Å². The molecule has 10 heteroatoms. The van der Waals surface area contributed by atoms with Gasteiger partial charge in [-0.2, -0.15) is 0 Å². The van der Waals surface area contributed by atoms with Crippen molar-refractivity contribution in [2.75, 3.05) is 0 Å². The van der Waals surface area contributed by atoms with Gasteiger partial charge in [-0.05, 0) is 28.3 Å². The zero-order valence-electron chi connectivity index (χ0n) is 20.5. The van der Waals surface area contributed by atoms with E-state index in [1.165, 1.54) is 21.9 Å². The molecular formula is C25H34O10. The molecule has 1 aliphatic carbocycles. The Balaban J connectivity index is -0.000000185. The van der Waals surface area contributed by atoms with Gasteiger partial charge in [0.25, 0.3) is 29.8 Å². The molecule has 0 radical (unpaired) electrons. The van der Waals surface area contributed by atoms with Crippen LogP contribution in [0.3, 0.4) is 0 Å². The van der Waals surface area contributed by atoms with Crippen molar-refractivity contribution in [3.63, 3.8) is 0 Å². The summed E-state index contributed by atoms with van der Waals surface area (Å²) in [6.07, 6.45) is 5.53. The van der Waals surface area contributed by atoms with Gasteiger partial charge in [-0.25, -0.2) is 0 Å². The van der Waals surface area contributed by atoms with Crippen LogP contribution in [0.15, 0.2) is 55.6 Å². The monoisotopic (exact) mass is 494 g/mol. The number of aliphatic carboxylic acids is 5. The first kappa shape index (κ1) is 37.8. The van der Waals surface area contributed by atoms with Gasteiger partial charge in [-0.1, -0.05) is 48.6 Å². The van der Waals surface area contributed by atoms with Gasteiger partial charge in [0, 0.05) is 34.6 Å². The van der Waals surface area contributed by atoms with Gasteiger partial charge < -0.3 is 25.5 Å². The van der Waals surface area contributed by atoms with E-state index < -0.39 is 29.8 Å². The smallest absolute Gasteiger partial charge is 0.300 e. The van der Waals surface area contributed by atoms with Gasteiger partial charge in [0.2, 0.25) is 0 Å². The molecule has 10 nitrogen and oxygen atoms in total. The highest BCUT2D eigenvalue weighted by molar-refractivity contribution is 5.94. The summed E-state index contributed by atoms with van der Waals surface area (Å²) in [4.78, 5) is 45.0. The molecule has 0 spiro atoms. The van der Waals surface area contributed by atoms with Crippen molar-refractivity contribution in [2.45, 2.75) is 41.0 Å². The third-order valence-electron chi connectivity index (χ3n) is 2.66. The zero-order valence-corrected chi connectivity index (χ0v) is 20.5. The number of carbonyl (C=O) groups is 5. The van der Waals surface area contributed by atoms with Crippen molar-refractivity contribution < 1.29 is 49.5 Å². The van der Waals surface area contributed by atoms with Gasteiger partial charge in [0.1, 0.15) is 0 Å². The Morgan fingerprint density at radius 2 is 0.943 bits per heavy atom. The minimum atomic E-state index is -0.833. The number of benzene rings is 2. The van der Waals surface area contributed by atoms with Crippen LogP contribution in [0.25, 0.3) is 16.8 Å². The number of rotatable bonds is 0. The third-order valence-corrected chi connectivity index (χ3v) is 2.66. The lowest BCUT2D eigenvalue weighted by Crippen LogP contribution is -1.91. The van der Waals surface area contributed by atoms with Gasteiger partial charge in [0.05, 0.1) is 0 Å². The maximum absolute atomic E-state index is 9.00. The van der Waals surface area contributed by atoms with Gasteiger partial charge in [0.15, 0.2) is 0 Å². The summed E-state index contributed by atoms with van der Waals surface area (Å²) < 4.78 is 0. The third kappa shape index (κ3) is 34.3. The minimum absolute atomic E-state index is 0.833. The quantitative estimate of drug-likeness (QED) is 0.322. The molecule has 0 atom stereocenters. The van der Waals surface area contributed by atoms with Crippen LogP contribution in [-0.4, -0.2) is 55.4 Å². The fourth-order valence-corrected chi connectivity index (χ4v) is 2.07. The molecule has 35 heavy (non-hydrogen) atoms. The van der Waals surface area contributed by atoms with Crippen molar-refractivity contribution >= 4 is 46.7 Å². The lowest BCUT2D eigenvalue weighted by molar-refractivity contribution is -0.135. The summed E-state index contributed by atoms with van der Waals surface area (Å²) >= 11 is 0. The molecule has 5 N–H and O–H groups in total. The Morgan fingerprint density at radius 1 is 0.629 bits per heavy atom. The highest BCUT2D eigenvalue weighted by Gasteiger charge is 2.06. The van der Waals surface area contributed by atoms with Crippen LogP contribution in [-0.2, 0) is 30.4 Å². The highest BCUT2D eigenvalue weighted by atomic mass is 16.4. The molecule has 0 fully saturated rings. The summed E-state index contributed by atoms with van der Waals surface area (Å²) in [6.45, 7) is 11.4. The Hall–Kier alpha value is -4.47. The summed E-state index contributed by atoms with van der Waals surface area (Å²) in [6, 6.07) is 13.0. The van der Waals surface area contributed by atoms with E-state index in [-0.39, 0.29) is 0 Å². The Kier molecular flexibility index (Phi) is 26.1. The van der Waals surface area contributed by atoms with Gasteiger partial charge >= 0.3 is 0 Å². The summed E-state index contributed by atoms with van der Waals surface area (Å²) in [5.41, 5.74) is 2.81. The molecule has 2 aromatic rings. The number of carboxylic acid groups (broad SMARTS) is 5. The number of carboxylic acids is 5. The molecule has 0 saturated heterocycles. The average Bonchev–Trinajstić information content (AvgIpc) is 2.68. The molecule has 0 heterocycles. The molecule has 3 rings (SSSR count). The molecule has 0 aromatic heterocycles. The van der Waals surface area contributed by atoms with Crippen LogP contribution < -0.4 is 0 Å². The Morgan fingerprint density at radius 3 is 1.29 bits per heavy atom. The van der Waals surface area contributed by atoms with Crippen LogP contribution >= 0.6 is 0 Å². The van der Waals surface area contributed by atoms with Crippen LogP contribution in [0.4, 0.5) is 0 Å². The number of hydrogen-bond acceptors (Lipinski definition) is 5.